The lowest BCUT2D eigenvalue weighted by Crippen LogP contribution is -2.37. The fourth-order valence-corrected chi connectivity index (χ4v) is 2.58. The summed E-state index contributed by atoms with van der Waals surface area (Å²) in [6.07, 6.45) is 4.27. The lowest BCUT2D eigenvalue weighted by atomic mass is 10.0. The van der Waals surface area contributed by atoms with Crippen molar-refractivity contribution in [1.82, 2.24) is 40.5 Å². The topological polar surface area (TPSA) is 86.3 Å². The van der Waals surface area contributed by atoms with Crippen LogP contribution in [0.5, 0.6) is 0 Å². The summed E-state index contributed by atoms with van der Waals surface area (Å²) in [5.41, 5.74) is 1.52. The fraction of sp³-hybridized carbons (Fsp3) is 0.438. The summed E-state index contributed by atoms with van der Waals surface area (Å²) in [5, 5.41) is 24.0. The van der Waals surface area contributed by atoms with Gasteiger partial charge in [-0.2, -0.15) is 0 Å². The van der Waals surface area contributed by atoms with Crippen LogP contribution in [0.3, 0.4) is 0 Å². The van der Waals surface area contributed by atoms with Crippen LogP contribution in [-0.4, -0.2) is 35.2 Å². The Bertz CT molecular complexity index is 815. The first-order chi connectivity index (χ1) is 11.6. The van der Waals surface area contributed by atoms with E-state index in [0.717, 1.165) is 30.0 Å². The van der Waals surface area contributed by atoms with Crippen LogP contribution in [0.25, 0.3) is 5.69 Å². The van der Waals surface area contributed by atoms with Gasteiger partial charge in [-0.25, -0.2) is 9.36 Å². The SMILES string of the molecule is CC(C)(NCc1nnnn1C1CC1)c1cn(-c2ccccc2)nn1. The molecule has 0 amide bonds. The molecule has 0 spiro atoms. The van der Waals surface area contributed by atoms with Gasteiger partial charge >= 0.3 is 0 Å². The van der Waals surface area contributed by atoms with E-state index in [9.17, 15) is 0 Å². The number of rotatable bonds is 6. The lowest BCUT2D eigenvalue weighted by Gasteiger charge is -2.23. The standard InChI is InChI=1S/C16H20N8/c1-16(2,17-10-15-19-20-22-24(15)13-8-9-13)14-11-23(21-18-14)12-6-4-3-5-7-12/h3-7,11,13,17H,8-10H2,1-2H3. The summed E-state index contributed by atoms with van der Waals surface area (Å²) < 4.78 is 3.71. The maximum atomic E-state index is 4.33. The van der Waals surface area contributed by atoms with Gasteiger partial charge in [0, 0.05) is 0 Å². The van der Waals surface area contributed by atoms with Gasteiger partial charge in [0.25, 0.3) is 0 Å². The van der Waals surface area contributed by atoms with Gasteiger partial charge < -0.3 is 0 Å². The summed E-state index contributed by atoms with van der Waals surface area (Å²) in [7, 11) is 0. The van der Waals surface area contributed by atoms with Gasteiger partial charge in [0.1, 0.15) is 5.69 Å². The molecular weight excluding hydrogens is 304 g/mol. The average molecular weight is 324 g/mol. The van der Waals surface area contributed by atoms with Crippen molar-refractivity contribution >= 4 is 0 Å². The molecule has 1 N–H and O–H groups in total. The third-order valence-corrected chi connectivity index (χ3v) is 4.30. The van der Waals surface area contributed by atoms with E-state index in [1.165, 1.54) is 0 Å². The summed E-state index contributed by atoms with van der Waals surface area (Å²) in [6.45, 7) is 4.75. The Kier molecular flexibility index (Phi) is 3.61. The third kappa shape index (κ3) is 2.92. The molecule has 8 heteroatoms. The predicted molar refractivity (Wildman–Crippen MR) is 87.3 cm³/mol. The summed E-state index contributed by atoms with van der Waals surface area (Å²) in [5.74, 6) is 0.862. The van der Waals surface area contributed by atoms with Crippen LogP contribution in [0.1, 0.15) is 44.2 Å². The fourth-order valence-electron chi connectivity index (χ4n) is 2.58. The van der Waals surface area contributed by atoms with Crippen molar-refractivity contribution in [3.05, 3.63) is 48.0 Å². The maximum Gasteiger partial charge on any atom is 0.165 e. The lowest BCUT2D eigenvalue weighted by molar-refractivity contribution is 0.377. The number of hydrogen-bond acceptors (Lipinski definition) is 6. The van der Waals surface area contributed by atoms with Crippen molar-refractivity contribution in [1.29, 1.82) is 0 Å². The monoisotopic (exact) mass is 324 g/mol. The molecule has 0 unspecified atom stereocenters. The minimum Gasteiger partial charge on any atom is -0.299 e. The molecule has 4 rings (SSSR count). The highest BCUT2D eigenvalue weighted by Gasteiger charge is 2.29. The molecule has 3 aromatic rings. The quantitative estimate of drug-likeness (QED) is 0.741. The number of aromatic nitrogens is 7. The molecule has 1 fully saturated rings. The Morgan fingerprint density at radius 1 is 1.12 bits per heavy atom. The second-order valence-electron chi connectivity index (χ2n) is 6.63. The minimum atomic E-state index is -0.340. The molecule has 1 saturated carbocycles. The zero-order valence-electron chi connectivity index (χ0n) is 13.8. The molecule has 1 aliphatic rings. The van der Waals surface area contributed by atoms with Crippen LogP contribution in [-0.2, 0) is 12.1 Å². The molecule has 0 aliphatic heterocycles. The summed E-state index contributed by atoms with van der Waals surface area (Å²) >= 11 is 0. The second-order valence-corrected chi connectivity index (χ2v) is 6.63. The molecule has 0 atom stereocenters. The first kappa shape index (κ1) is 14.9. The Morgan fingerprint density at radius 3 is 2.67 bits per heavy atom. The van der Waals surface area contributed by atoms with Crippen LogP contribution in [0.2, 0.25) is 0 Å². The third-order valence-electron chi connectivity index (χ3n) is 4.30. The molecule has 2 heterocycles. The molecule has 0 radical (unpaired) electrons. The molecule has 0 bridgehead atoms. The molecule has 24 heavy (non-hydrogen) atoms. The van der Waals surface area contributed by atoms with Crippen LogP contribution < -0.4 is 5.32 Å². The Labute approximate surface area is 139 Å². The van der Waals surface area contributed by atoms with Crippen LogP contribution >= 0.6 is 0 Å². The first-order valence-electron chi connectivity index (χ1n) is 8.13. The first-order valence-corrected chi connectivity index (χ1v) is 8.13. The molecule has 1 aromatic carbocycles. The van der Waals surface area contributed by atoms with Crippen LogP contribution in [0.15, 0.2) is 36.5 Å². The minimum absolute atomic E-state index is 0.340. The predicted octanol–water partition coefficient (Wildman–Crippen LogP) is 1.61. The van der Waals surface area contributed by atoms with Crippen molar-refractivity contribution in [2.75, 3.05) is 0 Å². The number of nitrogens with zero attached hydrogens (tertiary/aromatic N) is 7. The average Bonchev–Trinajstić information content (AvgIpc) is 3.13. The van der Waals surface area contributed by atoms with E-state index in [1.807, 2.05) is 41.2 Å². The molecule has 2 aromatic heterocycles. The van der Waals surface area contributed by atoms with Crippen molar-refractivity contribution in [3.8, 4) is 5.69 Å². The van der Waals surface area contributed by atoms with Gasteiger partial charge in [0.2, 0.25) is 0 Å². The van der Waals surface area contributed by atoms with E-state index in [4.69, 9.17) is 0 Å². The van der Waals surface area contributed by atoms with E-state index in [0.29, 0.717) is 12.6 Å². The number of tetrazole rings is 1. The normalized spacial score (nSPS) is 14.9. The molecular formula is C16H20N8. The van der Waals surface area contributed by atoms with E-state index >= 15 is 0 Å². The van der Waals surface area contributed by atoms with Gasteiger partial charge in [0.05, 0.1) is 30.0 Å². The Morgan fingerprint density at radius 2 is 1.92 bits per heavy atom. The zero-order valence-corrected chi connectivity index (χ0v) is 13.8. The van der Waals surface area contributed by atoms with E-state index < -0.39 is 0 Å². The summed E-state index contributed by atoms with van der Waals surface area (Å²) in [6, 6.07) is 10.4. The largest absolute Gasteiger partial charge is 0.299 e. The summed E-state index contributed by atoms with van der Waals surface area (Å²) in [4.78, 5) is 0. The molecule has 8 nitrogen and oxygen atoms in total. The van der Waals surface area contributed by atoms with Crippen molar-refractivity contribution < 1.29 is 0 Å². The van der Waals surface area contributed by atoms with Gasteiger partial charge in [-0.3, -0.25) is 5.32 Å². The van der Waals surface area contributed by atoms with Gasteiger partial charge in [-0.05, 0) is 49.2 Å². The van der Waals surface area contributed by atoms with Crippen molar-refractivity contribution in [2.45, 2.75) is 44.8 Å². The van der Waals surface area contributed by atoms with Crippen molar-refractivity contribution in [2.24, 2.45) is 0 Å². The Hall–Kier alpha value is -2.61. The molecule has 124 valence electrons. The van der Waals surface area contributed by atoms with Crippen LogP contribution in [0.4, 0.5) is 0 Å². The highest BCUT2D eigenvalue weighted by molar-refractivity contribution is 5.30. The highest BCUT2D eigenvalue weighted by atomic mass is 15.6. The van der Waals surface area contributed by atoms with Gasteiger partial charge in [-0.1, -0.05) is 23.4 Å². The number of para-hydroxylation sites is 1. The maximum absolute atomic E-state index is 4.33. The zero-order chi connectivity index (χ0) is 16.6. The highest BCUT2D eigenvalue weighted by Crippen LogP contribution is 2.34. The van der Waals surface area contributed by atoms with Gasteiger partial charge in [0.15, 0.2) is 5.82 Å². The van der Waals surface area contributed by atoms with Gasteiger partial charge in [-0.15, -0.1) is 10.2 Å². The smallest absolute Gasteiger partial charge is 0.165 e. The Balaban J connectivity index is 1.48. The van der Waals surface area contributed by atoms with E-state index in [2.05, 4.69) is 45.0 Å². The van der Waals surface area contributed by atoms with Crippen molar-refractivity contribution in [3.63, 3.8) is 0 Å². The molecule has 0 saturated heterocycles. The number of hydrogen-bond donors (Lipinski definition) is 1. The number of benzene rings is 1. The molecule has 1 aliphatic carbocycles. The second kappa shape index (κ2) is 5.79. The number of nitrogens with one attached hydrogen (secondary N) is 1. The van der Waals surface area contributed by atoms with E-state index in [-0.39, 0.29) is 5.54 Å². The van der Waals surface area contributed by atoms with E-state index in [1.54, 1.807) is 4.68 Å². The van der Waals surface area contributed by atoms with Crippen LogP contribution in [0, 0.1) is 0 Å².